The van der Waals surface area contributed by atoms with Crippen LogP contribution < -0.4 is 0 Å². The molecule has 4 nitrogen and oxygen atoms in total. The first-order chi connectivity index (χ1) is 11.5. The minimum atomic E-state index is -0.530. The number of carbonyl (C=O) groups is 2. The fourth-order valence-electron chi connectivity index (χ4n) is 3.97. The van der Waals surface area contributed by atoms with Crippen LogP contribution in [0.1, 0.15) is 30.9 Å². The normalized spacial score (nSPS) is 32.5. The van der Waals surface area contributed by atoms with Crippen LogP contribution in [-0.2, 0) is 14.3 Å². The third kappa shape index (κ3) is 2.25. The summed E-state index contributed by atoms with van der Waals surface area (Å²) in [6.45, 7) is 0. The van der Waals surface area contributed by atoms with Gasteiger partial charge in [0.2, 0.25) is 0 Å². The summed E-state index contributed by atoms with van der Waals surface area (Å²) < 4.78 is 19.1. The number of nitrogens with zero attached hydrogens (tertiary/aromatic N) is 1. The Morgan fingerprint density at radius 3 is 2.62 bits per heavy atom. The minimum Gasteiger partial charge on any atom is -0.483 e. The molecular formula is C18H17ClFNO3. The molecule has 0 N–H and O–H groups in total. The maximum absolute atomic E-state index is 13.2. The number of fused-ring (bicyclic) bond motifs is 1. The van der Waals surface area contributed by atoms with E-state index < -0.39 is 6.04 Å². The van der Waals surface area contributed by atoms with E-state index in [2.05, 4.69) is 0 Å². The molecule has 0 spiro atoms. The fraction of sp³-hybridized carbons (Fsp3) is 0.444. The number of amides is 1. The maximum atomic E-state index is 13.2. The summed E-state index contributed by atoms with van der Waals surface area (Å²) in [5.74, 6) is -0.852. The number of carbonyl (C=O) groups excluding carboxylic acids is 2. The molecule has 4 rings (SSSR count). The molecule has 3 aliphatic rings. The Morgan fingerprint density at radius 2 is 1.92 bits per heavy atom. The number of alkyl halides is 1. The van der Waals surface area contributed by atoms with Gasteiger partial charge in [0, 0.05) is 12.4 Å². The third-order valence-electron chi connectivity index (χ3n) is 5.20. The zero-order valence-electron chi connectivity index (χ0n) is 13.2. The SMILES string of the molecule is CN1C(=O)C2=C(C(=O)C3CC(Cl)CCC3O2)C1c1ccc(F)cc1. The molecule has 6 heteroatoms. The van der Waals surface area contributed by atoms with Gasteiger partial charge in [0.1, 0.15) is 11.9 Å². The molecule has 1 saturated carbocycles. The highest BCUT2D eigenvalue weighted by molar-refractivity contribution is 6.21. The summed E-state index contributed by atoms with van der Waals surface area (Å²) in [6, 6.07) is 5.34. The third-order valence-corrected chi connectivity index (χ3v) is 5.60. The van der Waals surface area contributed by atoms with Crippen LogP contribution in [0.25, 0.3) is 0 Å². The van der Waals surface area contributed by atoms with Crippen LogP contribution in [0.15, 0.2) is 35.6 Å². The van der Waals surface area contributed by atoms with Crippen molar-refractivity contribution in [3.8, 4) is 0 Å². The van der Waals surface area contributed by atoms with Gasteiger partial charge >= 0.3 is 0 Å². The van der Waals surface area contributed by atoms with Crippen LogP contribution >= 0.6 is 11.6 Å². The van der Waals surface area contributed by atoms with E-state index in [4.69, 9.17) is 16.3 Å². The van der Waals surface area contributed by atoms with Gasteiger partial charge in [-0.1, -0.05) is 12.1 Å². The maximum Gasteiger partial charge on any atom is 0.289 e. The molecule has 1 aromatic carbocycles. The van der Waals surface area contributed by atoms with Gasteiger partial charge in [0.05, 0.1) is 17.5 Å². The van der Waals surface area contributed by atoms with Gasteiger partial charge in [-0.3, -0.25) is 9.59 Å². The molecule has 126 valence electrons. The average molecular weight is 350 g/mol. The molecule has 0 saturated heterocycles. The first-order valence-corrected chi connectivity index (χ1v) is 8.52. The van der Waals surface area contributed by atoms with Gasteiger partial charge in [0.15, 0.2) is 11.5 Å². The number of Topliss-reactive ketones (excluding diaryl/α,β-unsaturated/α-hetero) is 1. The lowest BCUT2D eigenvalue weighted by Gasteiger charge is -2.37. The molecule has 0 radical (unpaired) electrons. The summed E-state index contributed by atoms with van der Waals surface area (Å²) >= 11 is 6.23. The van der Waals surface area contributed by atoms with Gasteiger partial charge in [-0.25, -0.2) is 4.39 Å². The average Bonchev–Trinajstić information content (AvgIpc) is 2.82. The van der Waals surface area contributed by atoms with Crippen LogP contribution in [0, 0.1) is 11.7 Å². The Morgan fingerprint density at radius 1 is 1.21 bits per heavy atom. The molecular weight excluding hydrogens is 333 g/mol. The van der Waals surface area contributed by atoms with E-state index >= 15 is 0 Å². The summed E-state index contributed by atoms with van der Waals surface area (Å²) in [5, 5.41) is -0.0416. The van der Waals surface area contributed by atoms with Crippen LogP contribution in [0.2, 0.25) is 0 Å². The van der Waals surface area contributed by atoms with Crippen molar-refractivity contribution in [2.75, 3.05) is 7.05 Å². The first-order valence-electron chi connectivity index (χ1n) is 8.09. The molecule has 0 bridgehead atoms. The Bertz CT molecular complexity index is 745. The zero-order chi connectivity index (χ0) is 17.0. The van der Waals surface area contributed by atoms with E-state index in [-0.39, 0.29) is 40.7 Å². The molecule has 24 heavy (non-hydrogen) atoms. The molecule has 4 unspecified atom stereocenters. The number of halogens is 2. The van der Waals surface area contributed by atoms with Crippen molar-refractivity contribution < 1.29 is 18.7 Å². The van der Waals surface area contributed by atoms with E-state index in [1.165, 1.54) is 17.0 Å². The lowest BCUT2D eigenvalue weighted by atomic mass is 9.77. The standard InChI is InChI=1S/C18H17ClFNO3/c1-21-15(9-2-5-11(20)6-3-9)14-16(22)12-8-10(19)4-7-13(12)24-17(14)18(21)23/h2-3,5-6,10,12-13,15H,4,7-8H2,1H3. The van der Waals surface area contributed by atoms with Crippen LogP contribution in [0.4, 0.5) is 4.39 Å². The number of benzene rings is 1. The lowest BCUT2D eigenvalue weighted by Crippen LogP contribution is -2.41. The van der Waals surface area contributed by atoms with Crippen molar-refractivity contribution in [2.24, 2.45) is 5.92 Å². The van der Waals surface area contributed by atoms with E-state index in [9.17, 15) is 14.0 Å². The highest BCUT2D eigenvalue weighted by Gasteiger charge is 2.51. The second-order valence-corrected chi connectivity index (χ2v) is 7.27. The number of ether oxygens (including phenoxy) is 1. The van der Waals surface area contributed by atoms with E-state index in [1.54, 1.807) is 19.2 Å². The molecule has 0 aromatic heterocycles. The quantitative estimate of drug-likeness (QED) is 0.732. The van der Waals surface area contributed by atoms with Gasteiger partial charge in [-0.05, 0) is 37.0 Å². The molecule has 1 aliphatic carbocycles. The summed E-state index contributed by atoms with van der Waals surface area (Å²) in [4.78, 5) is 27.1. The number of hydrogen-bond acceptors (Lipinski definition) is 3. The molecule has 1 amide bonds. The number of likely N-dealkylation sites (N-methyl/N-ethyl adjacent to an activating group) is 1. The van der Waals surface area contributed by atoms with Gasteiger partial charge in [-0.15, -0.1) is 11.6 Å². The van der Waals surface area contributed by atoms with Crippen molar-refractivity contribution in [1.82, 2.24) is 4.90 Å². The van der Waals surface area contributed by atoms with Crippen molar-refractivity contribution in [3.63, 3.8) is 0 Å². The Balaban J connectivity index is 1.77. The molecule has 1 aromatic rings. The van der Waals surface area contributed by atoms with Gasteiger partial charge in [-0.2, -0.15) is 0 Å². The Kier molecular flexibility index (Phi) is 3.64. The van der Waals surface area contributed by atoms with Crippen LogP contribution in [0.5, 0.6) is 0 Å². The van der Waals surface area contributed by atoms with Crippen molar-refractivity contribution in [3.05, 3.63) is 47.0 Å². The van der Waals surface area contributed by atoms with Gasteiger partial charge < -0.3 is 9.64 Å². The van der Waals surface area contributed by atoms with Gasteiger partial charge in [0.25, 0.3) is 5.91 Å². The lowest BCUT2D eigenvalue weighted by molar-refractivity contribution is -0.134. The number of rotatable bonds is 1. The molecule has 4 atom stereocenters. The smallest absolute Gasteiger partial charge is 0.289 e. The van der Waals surface area contributed by atoms with Crippen LogP contribution in [-0.4, -0.2) is 35.1 Å². The number of ketones is 1. The predicted molar refractivity (Wildman–Crippen MR) is 85.8 cm³/mol. The van der Waals surface area contributed by atoms with Crippen molar-refractivity contribution >= 4 is 23.3 Å². The molecule has 2 heterocycles. The fourth-order valence-corrected chi connectivity index (χ4v) is 4.28. The largest absolute Gasteiger partial charge is 0.483 e. The second kappa shape index (κ2) is 5.59. The first kappa shape index (κ1) is 15.6. The predicted octanol–water partition coefficient (Wildman–Crippen LogP) is 2.97. The Labute approximate surface area is 144 Å². The topological polar surface area (TPSA) is 46.6 Å². The van der Waals surface area contributed by atoms with E-state index in [0.29, 0.717) is 24.0 Å². The minimum absolute atomic E-state index is 0.0416. The zero-order valence-corrected chi connectivity index (χ0v) is 13.9. The summed E-state index contributed by atoms with van der Waals surface area (Å²) in [6.07, 6.45) is 1.76. The van der Waals surface area contributed by atoms with Crippen molar-refractivity contribution in [2.45, 2.75) is 36.8 Å². The second-order valence-electron chi connectivity index (χ2n) is 6.65. The Hall–Kier alpha value is -1.88. The number of hydrogen-bond donors (Lipinski definition) is 0. The van der Waals surface area contributed by atoms with E-state index in [1.807, 2.05) is 0 Å². The van der Waals surface area contributed by atoms with E-state index in [0.717, 1.165) is 6.42 Å². The summed E-state index contributed by atoms with van der Waals surface area (Å²) in [5.41, 5.74) is 1.09. The summed E-state index contributed by atoms with van der Waals surface area (Å²) in [7, 11) is 1.64. The monoisotopic (exact) mass is 349 g/mol. The van der Waals surface area contributed by atoms with Crippen molar-refractivity contribution in [1.29, 1.82) is 0 Å². The molecule has 1 fully saturated rings. The highest BCUT2D eigenvalue weighted by atomic mass is 35.5. The van der Waals surface area contributed by atoms with Crippen LogP contribution in [0.3, 0.4) is 0 Å². The molecule has 2 aliphatic heterocycles. The highest BCUT2D eigenvalue weighted by Crippen LogP contribution is 2.46.